The number of carbonyl (C=O) groups excluding carboxylic acids is 1. The van der Waals surface area contributed by atoms with Gasteiger partial charge in [-0.05, 0) is 37.1 Å². The largest absolute Gasteiger partial charge is 0.497 e. The molecule has 2 aromatic rings. The molecular weight excluding hydrogens is 308 g/mol. The summed E-state index contributed by atoms with van der Waals surface area (Å²) in [5, 5.41) is 5.76. The number of hydrogen-bond acceptors (Lipinski definition) is 4. The van der Waals surface area contributed by atoms with Crippen molar-refractivity contribution in [3.8, 4) is 11.5 Å². The van der Waals surface area contributed by atoms with Gasteiger partial charge in [-0.25, -0.2) is 9.78 Å². The van der Waals surface area contributed by atoms with Gasteiger partial charge in [0.05, 0.1) is 20.5 Å². The summed E-state index contributed by atoms with van der Waals surface area (Å²) in [5.74, 6) is 1.55. The first-order valence-electron chi connectivity index (χ1n) is 7.83. The van der Waals surface area contributed by atoms with Gasteiger partial charge in [0.25, 0.3) is 0 Å². The highest BCUT2D eigenvalue weighted by molar-refractivity contribution is 5.74. The third-order valence-corrected chi connectivity index (χ3v) is 3.59. The van der Waals surface area contributed by atoms with Gasteiger partial charge in [0, 0.05) is 31.5 Å². The lowest BCUT2D eigenvalue weighted by molar-refractivity contribution is 0.236. The quantitative estimate of drug-likeness (QED) is 0.773. The van der Waals surface area contributed by atoms with E-state index < -0.39 is 0 Å². The molecule has 0 fully saturated rings. The van der Waals surface area contributed by atoms with Crippen molar-refractivity contribution < 1.29 is 14.3 Å². The van der Waals surface area contributed by atoms with Crippen molar-refractivity contribution in [1.82, 2.24) is 20.2 Å². The minimum atomic E-state index is -0.190. The summed E-state index contributed by atoms with van der Waals surface area (Å²) in [4.78, 5) is 15.9. The fourth-order valence-electron chi connectivity index (χ4n) is 2.42. The van der Waals surface area contributed by atoms with Crippen LogP contribution in [-0.4, -0.2) is 42.4 Å². The second kappa shape index (κ2) is 8.81. The van der Waals surface area contributed by atoms with Crippen molar-refractivity contribution in [2.24, 2.45) is 0 Å². The molecule has 0 saturated carbocycles. The average Bonchev–Trinajstić information content (AvgIpc) is 3.07. The fourth-order valence-corrected chi connectivity index (χ4v) is 2.42. The van der Waals surface area contributed by atoms with Crippen LogP contribution in [0.3, 0.4) is 0 Å². The van der Waals surface area contributed by atoms with Gasteiger partial charge < -0.3 is 24.7 Å². The van der Waals surface area contributed by atoms with E-state index in [1.54, 1.807) is 26.7 Å². The van der Waals surface area contributed by atoms with Crippen molar-refractivity contribution in [1.29, 1.82) is 0 Å². The second-order valence-electron chi connectivity index (χ2n) is 5.49. The molecule has 0 aliphatic rings. The predicted octanol–water partition coefficient (Wildman–Crippen LogP) is 1.83. The minimum Gasteiger partial charge on any atom is -0.497 e. The lowest BCUT2D eigenvalue weighted by Gasteiger charge is -2.15. The molecule has 0 saturated heterocycles. The Morgan fingerprint density at radius 1 is 1.33 bits per heavy atom. The summed E-state index contributed by atoms with van der Waals surface area (Å²) in [7, 11) is 3.25. The highest BCUT2D eigenvalue weighted by Gasteiger charge is 2.09. The van der Waals surface area contributed by atoms with Gasteiger partial charge in [-0.15, -0.1) is 0 Å². The Hall–Kier alpha value is -2.70. The molecule has 2 N–H and O–H groups in total. The molecule has 0 unspecified atom stereocenters. The molecule has 2 amide bonds. The fraction of sp³-hybridized carbons (Fsp3) is 0.412. The average molecular weight is 332 g/mol. The van der Waals surface area contributed by atoms with Crippen LogP contribution in [0.25, 0.3) is 0 Å². The van der Waals surface area contributed by atoms with Crippen LogP contribution in [0, 0.1) is 0 Å². The monoisotopic (exact) mass is 332 g/mol. The van der Waals surface area contributed by atoms with Gasteiger partial charge in [0.15, 0.2) is 0 Å². The number of carbonyl (C=O) groups is 1. The van der Waals surface area contributed by atoms with Gasteiger partial charge in [0.2, 0.25) is 0 Å². The molecule has 0 bridgehead atoms. The van der Waals surface area contributed by atoms with Crippen LogP contribution in [0.1, 0.15) is 12.5 Å². The number of aromatic nitrogens is 2. The molecule has 1 atom stereocenters. The number of amides is 2. The maximum Gasteiger partial charge on any atom is 0.315 e. The van der Waals surface area contributed by atoms with E-state index in [0.29, 0.717) is 19.5 Å². The van der Waals surface area contributed by atoms with Gasteiger partial charge in [0.1, 0.15) is 11.5 Å². The lowest BCUT2D eigenvalue weighted by Crippen LogP contribution is -2.43. The normalized spacial score (nSPS) is 11.6. The maximum absolute atomic E-state index is 11.9. The number of nitrogens with zero attached hydrogens (tertiary/aromatic N) is 2. The first kappa shape index (κ1) is 17.7. The number of urea groups is 1. The van der Waals surface area contributed by atoms with E-state index in [9.17, 15) is 4.79 Å². The summed E-state index contributed by atoms with van der Waals surface area (Å²) in [6.07, 6.45) is 5.97. The molecule has 1 aromatic carbocycles. The van der Waals surface area contributed by atoms with Crippen molar-refractivity contribution >= 4 is 6.03 Å². The number of imidazole rings is 1. The van der Waals surface area contributed by atoms with Gasteiger partial charge in [-0.2, -0.15) is 0 Å². The number of rotatable bonds is 8. The molecule has 1 heterocycles. The van der Waals surface area contributed by atoms with Crippen LogP contribution in [0.4, 0.5) is 4.79 Å². The van der Waals surface area contributed by atoms with Crippen LogP contribution in [0.15, 0.2) is 36.9 Å². The standard InChI is InChI=1S/C17H24N4O3/c1-13(11-21-9-8-18-12-21)20-17(22)19-7-6-14-10-15(23-2)4-5-16(14)24-3/h4-5,8-10,12-13H,6-7,11H2,1-3H3,(H2,19,20,22)/t13-/m1/s1. The highest BCUT2D eigenvalue weighted by atomic mass is 16.5. The first-order valence-corrected chi connectivity index (χ1v) is 7.83. The minimum absolute atomic E-state index is 0.00514. The summed E-state index contributed by atoms with van der Waals surface area (Å²) in [6.45, 7) is 3.13. The van der Waals surface area contributed by atoms with Gasteiger partial charge in [-0.3, -0.25) is 0 Å². The molecule has 0 radical (unpaired) electrons. The van der Waals surface area contributed by atoms with Crippen LogP contribution < -0.4 is 20.1 Å². The van der Waals surface area contributed by atoms with Gasteiger partial charge in [-0.1, -0.05) is 0 Å². The van der Waals surface area contributed by atoms with Crippen LogP contribution in [0.2, 0.25) is 0 Å². The van der Waals surface area contributed by atoms with E-state index in [1.165, 1.54) is 0 Å². The predicted molar refractivity (Wildman–Crippen MR) is 91.5 cm³/mol. The van der Waals surface area contributed by atoms with Crippen LogP contribution in [-0.2, 0) is 13.0 Å². The van der Waals surface area contributed by atoms with E-state index in [-0.39, 0.29) is 12.1 Å². The number of ether oxygens (including phenoxy) is 2. The van der Waals surface area contributed by atoms with Crippen molar-refractivity contribution in [2.45, 2.75) is 25.9 Å². The highest BCUT2D eigenvalue weighted by Crippen LogP contribution is 2.24. The van der Waals surface area contributed by atoms with E-state index >= 15 is 0 Å². The molecule has 130 valence electrons. The van der Waals surface area contributed by atoms with Crippen molar-refractivity contribution in [3.05, 3.63) is 42.5 Å². The number of methoxy groups -OCH3 is 2. The topological polar surface area (TPSA) is 77.4 Å². The molecule has 0 aliphatic carbocycles. The summed E-state index contributed by atoms with van der Waals surface area (Å²) >= 11 is 0. The number of hydrogen-bond donors (Lipinski definition) is 2. The van der Waals surface area contributed by atoms with E-state index in [1.807, 2.05) is 35.9 Å². The summed E-state index contributed by atoms with van der Waals surface area (Å²) in [5.41, 5.74) is 0.989. The SMILES string of the molecule is COc1ccc(OC)c(CCNC(=O)N[C@H](C)Cn2ccnc2)c1. The van der Waals surface area contributed by atoms with Crippen molar-refractivity contribution in [3.63, 3.8) is 0 Å². The van der Waals surface area contributed by atoms with Crippen LogP contribution >= 0.6 is 0 Å². The molecule has 1 aromatic heterocycles. The Bertz CT molecular complexity index is 643. The second-order valence-corrected chi connectivity index (χ2v) is 5.49. The third-order valence-electron chi connectivity index (χ3n) is 3.59. The lowest BCUT2D eigenvalue weighted by atomic mass is 10.1. The molecule has 7 heteroatoms. The molecule has 0 aliphatic heterocycles. The summed E-state index contributed by atoms with van der Waals surface area (Å²) < 4.78 is 12.5. The van der Waals surface area contributed by atoms with E-state index in [4.69, 9.17) is 9.47 Å². The van der Waals surface area contributed by atoms with E-state index in [0.717, 1.165) is 17.1 Å². The molecule has 2 rings (SSSR count). The Morgan fingerprint density at radius 2 is 2.17 bits per heavy atom. The zero-order chi connectivity index (χ0) is 17.4. The zero-order valence-corrected chi connectivity index (χ0v) is 14.3. The Balaban J connectivity index is 1.78. The zero-order valence-electron chi connectivity index (χ0n) is 14.3. The third kappa shape index (κ3) is 5.19. The molecule has 0 spiro atoms. The van der Waals surface area contributed by atoms with Crippen molar-refractivity contribution in [2.75, 3.05) is 20.8 Å². The van der Waals surface area contributed by atoms with Crippen LogP contribution in [0.5, 0.6) is 11.5 Å². The summed E-state index contributed by atoms with van der Waals surface area (Å²) in [6, 6.07) is 5.44. The number of nitrogens with one attached hydrogen (secondary N) is 2. The Kier molecular flexibility index (Phi) is 6.48. The molecule has 24 heavy (non-hydrogen) atoms. The first-order chi connectivity index (χ1) is 11.6. The number of benzene rings is 1. The molecule has 7 nitrogen and oxygen atoms in total. The Morgan fingerprint density at radius 3 is 2.83 bits per heavy atom. The Labute approximate surface area is 142 Å². The van der Waals surface area contributed by atoms with E-state index in [2.05, 4.69) is 15.6 Å². The smallest absolute Gasteiger partial charge is 0.315 e. The molecular formula is C17H24N4O3. The maximum atomic E-state index is 11.9. The van der Waals surface area contributed by atoms with Gasteiger partial charge >= 0.3 is 6.03 Å².